The minimum atomic E-state index is -1.75. The van der Waals surface area contributed by atoms with E-state index in [4.69, 9.17) is 4.74 Å². The van der Waals surface area contributed by atoms with E-state index >= 15 is 0 Å². The van der Waals surface area contributed by atoms with Gasteiger partial charge in [0.25, 0.3) is 5.90 Å². The largest absolute Gasteiger partial charge is 0.416 e. The fourth-order valence-electron chi connectivity index (χ4n) is 3.90. The molecule has 1 aromatic heterocycles. The first-order valence-electron chi connectivity index (χ1n) is 9.70. The summed E-state index contributed by atoms with van der Waals surface area (Å²) in [5.41, 5.74) is 2.16. The van der Waals surface area contributed by atoms with Gasteiger partial charge in [-0.2, -0.15) is 0 Å². The first-order chi connectivity index (χ1) is 14.0. The van der Waals surface area contributed by atoms with E-state index in [9.17, 15) is 14.3 Å². The highest BCUT2D eigenvalue weighted by molar-refractivity contribution is 5.96. The molecule has 0 radical (unpaired) electrons. The summed E-state index contributed by atoms with van der Waals surface area (Å²) >= 11 is 0. The van der Waals surface area contributed by atoms with Crippen molar-refractivity contribution in [2.45, 2.75) is 43.9 Å². The number of hydrogen-bond acceptors (Lipinski definition) is 6. The molecule has 0 saturated carbocycles. The van der Waals surface area contributed by atoms with Crippen LogP contribution < -0.4 is 5.43 Å². The number of rotatable bonds is 2. The Bertz CT molecular complexity index is 906. The molecule has 4 rings (SSSR count). The third-order valence-corrected chi connectivity index (χ3v) is 5.58. The van der Waals surface area contributed by atoms with Crippen LogP contribution in [-0.4, -0.2) is 39.6 Å². The van der Waals surface area contributed by atoms with Crippen LogP contribution >= 0.6 is 0 Å². The van der Waals surface area contributed by atoms with Gasteiger partial charge in [0.1, 0.15) is 11.9 Å². The third kappa shape index (κ3) is 3.55. The van der Waals surface area contributed by atoms with Gasteiger partial charge < -0.3 is 14.7 Å². The summed E-state index contributed by atoms with van der Waals surface area (Å²) < 4.78 is 19.0. The van der Waals surface area contributed by atoms with E-state index in [0.717, 1.165) is 19.3 Å². The van der Waals surface area contributed by atoms with Crippen LogP contribution in [0.4, 0.5) is 9.18 Å². The summed E-state index contributed by atoms with van der Waals surface area (Å²) in [6.07, 6.45) is 5.44. The van der Waals surface area contributed by atoms with Gasteiger partial charge in [-0.1, -0.05) is 12.1 Å². The zero-order valence-electron chi connectivity index (χ0n) is 16.1. The number of likely N-dealkylation sites (tertiary alicyclic amines) is 1. The molecule has 2 aromatic rings. The van der Waals surface area contributed by atoms with Crippen LogP contribution in [0.15, 0.2) is 53.9 Å². The Balaban J connectivity index is 1.66. The SMILES string of the molecule is CC1CCCCN1C(=O)OC1=NNC(c2ccc(F)cc2)C1(O)c1ccncc1. The quantitative estimate of drug-likeness (QED) is 0.812. The van der Waals surface area contributed by atoms with E-state index in [-0.39, 0.29) is 17.8 Å². The number of piperidine rings is 1. The smallest absolute Gasteiger partial charge is 0.390 e. The van der Waals surface area contributed by atoms with Crippen LogP contribution in [0.1, 0.15) is 43.4 Å². The van der Waals surface area contributed by atoms with E-state index in [1.165, 1.54) is 12.1 Å². The van der Waals surface area contributed by atoms with Crippen LogP contribution in [-0.2, 0) is 10.3 Å². The number of nitrogens with zero attached hydrogens (tertiary/aromatic N) is 3. The van der Waals surface area contributed by atoms with E-state index < -0.39 is 17.7 Å². The lowest BCUT2D eigenvalue weighted by Gasteiger charge is -2.34. The maximum Gasteiger partial charge on any atom is 0.416 e. The summed E-state index contributed by atoms with van der Waals surface area (Å²) in [4.78, 5) is 18.4. The van der Waals surface area contributed by atoms with Crippen molar-refractivity contribution in [2.75, 3.05) is 6.54 Å². The highest BCUT2D eigenvalue weighted by Gasteiger charge is 2.51. The molecule has 3 atom stereocenters. The molecule has 3 heterocycles. The molecule has 3 unspecified atom stereocenters. The second-order valence-corrected chi connectivity index (χ2v) is 7.44. The molecule has 1 aromatic carbocycles. The van der Waals surface area contributed by atoms with Crippen molar-refractivity contribution in [2.24, 2.45) is 5.10 Å². The van der Waals surface area contributed by atoms with Crippen LogP contribution in [0.2, 0.25) is 0 Å². The van der Waals surface area contributed by atoms with Gasteiger partial charge in [0.2, 0.25) is 0 Å². The molecule has 29 heavy (non-hydrogen) atoms. The fraction of sp³-hybridized carbons (Fsp3) is 0.381. The molecule has 8 heteroatoms. The number of carbonyl (C=O) groups excluding carboxylic acids is 1. The Morgan fingerprint density at radius 3 is 2.66 bits per heavy atom. The van der Waals surface area contributed by atoms with Gasteiger partial charge in [0.05, 0.1) is 0 Å². The molecule has 152 valence electrons. The van der Waals surface area contributed by atoms with Crippen molar-refractivity contribution < 1.29 is 19.0 Å². The van der Waals surface area contributed by atoms with Gasteiger partial charge in [-0.3, -0.25) is 10.4 Å². The number of hydrazone groups is 1. The van der Waals surface area contributed by atoms with Gasteiger partial charge in [0.15, 0.2) is 5.60 Å². The summed E-state index contributed by atoms with van der Waals surface area (Å²) in [6.45, 7) is 2.58. The van der Waals surface area contributed by atoms with Crippen molar-refractivity contribution >= 4 is 12.0 Å². The highest BCUT2D eigenvalue weighted by atomic mass is 19.1. The maximum absolute atomic E-state index is 13.4. The number of aromatic nitrogens is 1. The van der Waals surface area contributed by atoms with Crippen LogP contribution in [0, 0.1) is 5.82 Å². The Morgan fingerprint density at radius 2 is 1.97 bits per heavy atom. The Labute approximate surface area is 168 Å². The third-order valence-electron chi connectivity index (χ3n) is 5.58. The lowest BCUT2D eigenvalue weighted by atomic mass is 9.84. The number of amides is 1. The molecule has 2 N–H and O–H groups in total. The average molecular weight is 398 g/mol. The minimum absolute atomic E-state index is 0.0631. The normalized spacial score (nSPS) is 26.6. The maximum atomic E-state index is 13.4. The number of benzene rings is 1. The summed E-state index contributed by atoms with van der Waals surface area (Å²) in [5.74, 6) is -0.522. The molecule has 1 saturated heterocycles. The zero-order valence-corrected chi connectivity index (χ0v) is 16.1. The summed E-state index contributed by atoms with van der Waals surface area (Å²) in [6, 6.07) is 8.32. The lowest BCUT2D eigenvalue weighted by Crippen LogP contribution is -2.47. The predicted molar refractivity (Wildman–Crippen MR) is 104 cm³/mol. The van der Waals surface area contributed by atoms with Crippen molar-refractivity contribution in [3.8, 4) is 0 Å². The molecule has 0 spiro atoms. The summed E-state index contributed by atoms with van der Waals surface area (Å²) in [5, 5.41) is 15.8. The molecule has 2 aliphatic heterocycles. The summed E-state index contributed by atoms with van der Waals surface area (Å²) in [7, 11) is 0. The van der Waals surface area contributed by atoms with Crippen molar-refractivity contribution in [3.05, 3.63) is 65.7 Å². The van der Waals surface area contributed by atoms with Crippen molar-refractivity contribution in [3.63, 3.8) is 0 Å². The van der Waals surface area contributed by atoms with Crippen molar-refractivity contribution in [1.82, 2.24) is 15.3 Å². The van der Waals surface area contributed by atoms with Gasteiger partial charge >= 0.3 is 6.09 Å². The first kappa shape index (κ1) is 19.3. The van der Waals surface area contributed by atoms with E-state index in [1.807, 2.05) is 6.92 Å². The molecule has 1 amide bonds. The second-order valence-electron chi connectivity index (χ2n) is 7.44. The number of hydrogen-bond donors (Lipinski definition) is 2. The molecule has 2 aliphatic rings. The Hall–Kier alpha value is -3.00. The monoisotopic (exact) mass is 398 g/mol. The Kier molecular flexibility index (Phi) is 5.19. The standard InChI is InChI=1S/C21H23FN4O3/c1-14-4-2-3-13-26(14)20(27)29-19-21(28,16-9-11-23-12-10-16)18(24-25-19)15-5-7-17(22)8-6-15/h5-12,14,18,24,28H,2-4,13H2,1H3. The van der Waals surface area contributed by atoms with E-state index in [0.29, 0.717) is 17.7 Å². The molecule has 0 bridgehead atoms. The number of carbonyl (C=O) groups is 1. The second kappa shape index (κ2) is 7.79. The fourth-order valence-corrected chi connectivity index (χ4v) is 3.90. The van der Waals surface area contributed by atoms with Gasteiger partial charge in [-0.15, -0.1) is 5.10 Å². The van der Waals surface area contributed by atoms with Crippen molar-refractivity contribution in [1.29, 1.82) is 0 Å². The van der Waals surface area contributed by atoms with Crippen LogP contribution in [0.3, 0.4) is 0 Å². The molecule has 0 aliphatic carbocycles. The number of halogens is 1. The van der Waals surface area contributed by atoms with Gasteiger partial charge in [-0.25, -0.2) is 9.18 Å². The lowest BCUT2D eigenvalue weighted by molar-refractivity contribution is 0.0520. The minimum Gasteiger partial charge on any atom is -0.390 e. The van der Waals surface area contributed by atoms with Gasteiger partial charge in [0, 0.05) is 25.0 Å². The zero-order chi connectivity index (χ0) is 20.4. The van der Waals surface area contributed by atoms with E-state index in [2.05, 4.69) is 15.5 Å². The molecule has 7 nitrogen and oxygen atoms in total. The number of ether oxygens (including phenoxy) is 1. The molecular weight excluding hydrogens is 375 g/mol. The average Bonchev–Trinajstić information content (AvgIpc) is 3.07. The van der Waals surface area contributed by atoms with Crippen LogP contribution in [0.25, 0.3) is 0 Å². The number of pyridine rings is 1. The number of nitrogens with one attached hydrogen (secondary N) is 1. The van der Waals surface area contributed by atoms with Gasteiger partial charge in [-0.05, 0) is 61.6 Å². The highest BCUT2D eigenvalue weighted by Crippen LogP contribution is 2.40. The first-order valence-corrected chi connectivity index (χ1v) is 9.70. The topological polar surface area (TPSA) is 87.1 Å². The molecule has 1 fully saturated rings. The van der Waals surface area contributed by atoms with Crippen LogP contribution in [0.5, 0.6) is 0 Å². The number of aliphatic hydroxyl groups is 1. The Morgan fingerprint density at radius 1 is 1.24 bits per heavy atom. The molecular formula is C21H23FN4O3. The van der Waals surface area contributed by atoms with E-state index in [1.54, 1.807) is 41.6 Å². The predicted octanol–water partition coefficient (Wildman–Crippen LogP) is 3.08.